The fraction of sp³-hybridized carbons (Fsp3) is 0.250. The van der Waals surface area contributed by atoms with Crippen LogP contribution < -0.4 is 15.6 Å². The van der Waals surface area contributed by atoms with E-state index in [4.69, 9.17) is 4.74 Å². The van der Waals surface area contributed by atoms with Crippen LogP contribution in [0.3, 0.4) is 0 Å². The van der Waals surface area contributed by atoms with Gasteiger partial charge in [0.2, 0.25) is 0 Å². The molecular formula is C24H24N4O3S. The molecule has 0 aliphatic carbocycles. The van der Waals surface area contributed by atoms with Crippen LogP contribution in [0.15, 0.2) is 53.3 Å². The quantitative estimate of drug-likeness (QED) is 0.435. The average molecular weight is 449 g/mol. The lowest BCUT2D eigenvalue weighted by Crippen LogP contribution is -2.27. The van der Waals surface area contributed by atoms with Crippen LogP contribution in [-0.2, 0) is 6.54 Å². The Morgan fingerprint density at radius 1 is 1.12 bits per heavy atom. The summed E-state index contributed by atoms with van der Waals surface area (Å²) in [6.45, 7) is 4.48. The number of ether oxygens (including phenoxy) is 1. The molecule has 164 valence electrons. The highest BCUT2D eigenvalue weighted by atomic mass is 32.1. The summed E-state index contributed by atoms with van der Waals surface area (Å²) in [5, 5.41) is 8.77. The first-order chi connectivity index (χ1) is 15.5. The van der Waals surface area contributed by atoms with Gasteiger partial charge in [0.1, 0.15) is 5.75 Å². The van der Waals surface area contributed by atoms with Crippen molar-refractivity contribution in [2.24, 2.45) is 0 Å². The third-order valence-corrected chi connectivity index (χ3v) is 6.07. The molecule has 4 rings (SSSR count). The molecular weight excluding hydrogens is 424 g/mol. The summed E-state index contributed by atoms with van der Waals surface area (Å²) >= 11 is 1.40. The number of aromatic nitrogens is 3. The maximum atomic E-state index is 13.2. The Kier molecular flexibility index (Phi) is 6.32. The lowest BCUT2D eigenvalue weighted by atomic mass is 10.1. The number of hydrogen-bond donors (Lipinski definition) is 1. The summed E-state index contributed by atoms with van der Waals surface area (Å²) in [6, 6.07) is 14.7. The van der Waals surface area contributed by atoms with Crippen molar-refractivity contribution in [2.75, 3.05) is 12.4 Å². The Bertz CT molecular complexity index is 1330. The van der Waals surface area contributed by atoms with E-state index in [0.717, 1.165) is 34.7 Å². The minimum atomic E-state index is -0.388. The summed E-state index contributed by atoms with van der Waals surface area (Å²) in [5.41, 5.74) is 1.78. The van der Waals surface area contributed by atoms with Gasteiger partial charge in [-0.25, -0.2) is 9.67 Å². The fourth-order valence-corrected chi connectivity index (χ4v) is 4.32. The van der Waals surface area contributed by atoms with E-state index in [2.05, 4.69) is 15.4 Å². The number of anilines is 1. The van der Waals surface area contributed by atoms with E-state index in [1.165, 1.54) is 16.0 Å². The van der Waals surface area contributed by atoms with E-state index in [0.29, 0.717) is 22.4 Å². The number of carbonyl (C=O) groups is 1. The van der Waals surface area contributed by atoms with Gasteiger partial charge in [0.15, 0.2) is 10.8 Å². The van der Waals surface area contributed by atoms with E-state index >= 15 is 0 Å². The highest BCUT2D eigenvalue weighted by Crippen LogP contribution is 2.31. The van der Waals surface area contributed by atoms with Crippen LogP contribution in [0.1, 0.15) is 35.1 Å². The van der Waals surface area contributed by atoms with Crippen molar-refractivity contribution in [2.45, 2.75) is 33.2 Å². The van der Waals surface area contributed by atoms with Crippen molar-refractivity contribution < 1.29 is 9.53 Å². The Labute approximate surface area is 189 Å². The number of methoxy groups -OCH3 is 1. The van der Waals surface area contributed by atoms with Crippen molar-refractivity contribution >= 4 is 33.1 Å². The molecule has 0 aliphatic rings. The van der Waals surface area contributed by atoms with Crippen molar-refractivity contribution in [3.05, 3.63) is 69.5 Å². The lowest BCUT2D eigenvalue weighted by Gasteiger charge is -2.10. The van der Waals surface area contributed by atoms with Gasteiger partial charge < -0.3 is 4.74 Å². The molecule has 0 fully saturated rings. The Hall–Kier alpha value is -3.52. The largest absolute Gasteiger partial charge is 0.497 e. The number of nitrogens with zero attached hydrogens (tertiary/aromatic N) is 3. The topological polar surface area (TPSA) is 86.1 Å². The van der Waals surface area contributed by atoms with Crippen molar-refractivity contribution in [1.82, 2.24) is 14.8 Å². The number of fused-ring (bicyclic) bond motifs is 1. The molecule has 0 aliphatic heterocycles. The van der Waals surface area contributed by atoms with Gasteiger partial charge in [0.05, 0.1) is 18.2 Å². The maximum absolute atomic E-state index is 13.2. The van der Waals surface area contributed by atoms with Crippen LogP contribution >= 0.6 is 11.3 Å². The summed E-state index contributed by atoms with van der Waals surface area (Å²) in [6.07, 6.45) is 1.73. The molecule has 2 aromatic heterocycles. The lowest BCUT2D eigenvalue weighted by molar-refractivity contribution is 0.102. The second-order valence-electron chi connectivity index (χ2n) is 7.38. The average Bonchev–Trinajstić information content (AvgIpc) is 3.18. The first kappa shape index (κ1) is 21.7. The van der Waals surface area contributed by atoms with Gasteiger partial charge in [-0.2, -0.15) is 5.10 Å². The van der Waals surface area contributed by atoms with Gasteiger partial charge in [-0.15, -0.1) is 11.3 Å². The zero-order valence-electron chi connectivity index (χ0n) is 18.2. The molecule has 1 amide bonds. The summed E-state index contributed by atoms with van der Waals surface area (Å²) in [4.78, 5) is 31.5. The standard InChI is InChI=1S/C24H24N4O3S/c1-4-5-14-28-23(30)19-9-7-6-8-18(19)21(27-28)22(29)26-24-25-20(15(2)32-24)16-10-12-17(31-3)13-11-16/h6-13H,4-5,14H2,1-3H3,(H,25,26,29). The van der Waals surface area contributed by atoms with Crippen LogP contribution in [0.25, 0.3) is 22.0 Å². The molecule has 0 radical (unpaired) electrons. The van der Waals surface area contributed by atoms with Crippen LogP contribution in [0.2, 0.25) is 0 Å². The Balaban J connectivity index is 1.67. The summed E-state index contributed by atoms with van der Waals surface area (Å²) in [5.74, 6) is 0.382. The van der Waals surface area contributed by atoms with Crippen LogP contribution in [0.5, 0.6) is 5.75 Å². The molecule has 0 spiro atoms. The van der Waals surface area contributed by atoms with Crippen molar-refractivity contribution in [3.63, 3.8) is 0 Å². The number of thiazole rings is 1. The van der Waals surface area contributed by atoms with Crippen LogP contribution in [-0.4, -0.2) is 27.8 Å². The smallest absolute Gasteiger partial charge is 0.278 e. The first-order valence-corrected chi connectivity index (χ1v) is 11.3. The van der Waals surface area contributed by atoms with Crippen LogP contribution in [0, 0.1) is 6.92 Å². The van der Waals surface area contributed by atoms with Crippen LogP contribution in [0.4, 0.5) is 5.13 Å². The molecule has 32 heavy (non-hydrogen) atoms. The number of rotatable bonds is 7. The van der Waals surface area contributed by atoms with Gasteiger partial charge >= 0.3 is 0 Å². The number of nitrogens with one attached hydrogen (secondary N) is 1. The molecule has 0 saturated heterocycles. The second-order valence-corrected chi connectivity index (χ2v) is 8.59. The predicted molar refractivity (Wildman–Crippen MR) is 128 cm³/mol. The summed E-state index contributed by atoms with van der Waals surface area (Å²) in [7, 11) is 1.62. The molecule has 0 unspecified atom stereocenters. The van der Waals surface area contributed by atoms with Gasteiger partial charge in [0, 0.05) is 22.4 Å². The summed E-state index contributed by atoms with van der Waals surface area (Å²) < 4.78 is 6.60. The Morgan fingerprint density at radius 2 is 1.84 bits per heavy atom. The normalized spacial score (nSPS) is 11.0. The first-order valence-electron chi connectivity index (χ1n) is 10.4. The molecule has 7 nitrogen and oxygen atoms in total. The molecule has 0 atom stereocenters. The third-order valence-electron chi connectivity index (χ3n) is 5.19. The van der Waals surface area contributed by atoms with E-state index < -0.39 is 0 Å². The zero-order valence-corrected chi connectivity index (χ0v) is 19.0. The van der Waals surface area contributed by atoms with Gasteiger partial charge in [0.25, 0.3) is 11.5 Å². The number of aryl methyl sites for hydroxylation is 2. The van der Waals surface area contributed by atoms with Crippen molar-refractivity contribution in [3.8, 4) is 17.0 Å². The van der Waals surface area contributed by atoms with Gasteiger partial charge in [-0.05, 0) is 43.7 Å². The predicted octanol–water partition coefficient (Wildman–Crippen LogP) is 4.89. The maximum Gasteiger partial charge on any atom is 0.278 e. The molecule has 0 saturated carbocycles. The van der Waals surface area contributed by atoms with E-state index in [-0.39, 0.29) is 17.2 Å². The number of carbonyl (C=O) groups excluding carboxylic acids is 1. The number of amides is 1. The molecule has 1 N–H and O–H groups in total. The minimum Gasteiger partial charge on any atom is -0.497 e. The fourth-order valence-electron chi connectivity index (χ4n) is 3.49. The number of hydrogen-bond acceptors (Lipinski definition) is 6. The van der Waals surface area contributed by atoms with E-state index in [9.17, 15) is 9.59 Å². The van der Waals surface area contributed by atoms with Gasteiger partial charge in [-0.1, -0.05) is 31.5 Å². The van der Waals surface area contributed by atoms with Crippen molar-refractivity contribution in [1.29, 1.82) is 0 Å². The Morgan fingerprint density at radius 3 is 2.53 bits per heavy atom. The molecule has 8 heteroatoms. The molecule has 2 heterocycles. The second kappa shape index (κ2) is 9.32. The van der Waals surface area contributed by atoms with E-state index in [1.54, 1.807) is 31.4 Å². The molecule has 2 aromatic carbocycles. The monoisotopic (exact) mass is 448 g/mol. The van der Waals surface area contributed by atoms with Gasteiger partial charge in [-0.3, -0.25) is 14.9 Å². The van der Waals surface area contributed by atoms with E-state index in [1.807, 2.05) is 38.1 Å². The molecule has 4 aromatic rings. The number of unbranched alkanes of at least 4 members (excludes halogenated alkanes) is 1. The highest BCUT2D eigenvalue weighted by Gasteiger charge is 2.19. The zero-order chi connectivity index (χ0) is 22.7. The number of benzene rings is 2. The highest BCUT2D eigenvalue weighted by molar-refractivity contribution is 7.16. The molecule has 0 bridgehead atoms. The minimum absolute atomic E-state index is 0.183. The SMILES string of the molecule is CCCCn1nc(C(=O)Nc2nc(-c3ccc(OC)cc3)c(C)s2)c2ccccc2c1=O. The third kappa shape index (κ3) is 4.27.